The molecule has 0 aliphatic carbocycles. The van der Waals surface area contributed by atoms with Gasteiger partial charge in [-0.05, 0) is 38.9 Å². The van der Waals surface area contributed by atoms with Crippen molar-refractivity contribution in [3.05, 3.63) is 52.6 Å². The number of anilines is 2. The van der Waals surface area contributed by atoms with Gasteiger partial charge in [0.2, 0.25) is 11.8 Å². The van der Waals surface area contributed by atoms with E-state index >= 15 is 0 Å². The van der Waals surface area contributed by atoms with Crippen LogP contribution in [0.3, 0.4) is 0 Å². The highest BCUT2D eigenvalue weighted by molar-refractivity contribution is 6.35. The molecule has 1 amide bonds. The van der Waals surface area contributed by atoms with Gasteiger partial charge in [-0.1, -0.05) is 18.2 Å². The average molecular weight is 591 g/mol. The zero-order valence-corrected chi connectivity index (χ0v) is 24.3. The number of aromatic amines is 1. The quantitative estimate of drug-likeness (QED) is 0.435. The molecule has 218 valence electrons. The lowest BCUT2D eigenvalue weighted by Gasteiger charge is -2.61. The Morgan fingerprint density at radius 1 is 1.31 bits per heavy atom. The molecule has 4 aliphatic heterocycles. The molecule has 1 atom stereocenters. The van der Waals surface area contributed by atoms with Crippen LogP contribution in [0.2, 0.25) is 5.02 Å². The summed E-state index contributed by atoms with van der Waals surface area (Å²) < 4.78 is 21.1. The van der Waals surface area contributed by atoms with Crippen LogP contribution in [0.1, 0.15) is 29.7 Å². The van der Waals surface area contributed by atoms with Crippen LogP contribution in [-0.4, -0.2) is 89.9 Å². The number of amides is 1. The lowest BCUT2D eigenvalue weighted by atomic mass is 9.72. The topological polar surface area (TPSA) is 105 Å². The lowest BCUT2D eigenvalue weighted by Crippen LogP contribution is -2.73. The zero-order chi connectivity index (χ0) is 29.2. The van der Waals surface area contributed by atoms with E-state index in [1.807, 2.05) is 4.90 Å². The molecule has 4 aliphatic rings. The Morgan fingerprint density at radius 2 is 2.12 bits per heavy atom. The van der Waals surface area contributed by atoms with E-state index in [4.69, 9.17) is 21.3 Å². The normalized spacial score (nSPS) is 21.2. The molecule has 0 bridgehead atoms. The van der Waals surface area contributed by atoms with Crippen LogP contribution in [0.15, 0.2) is 24.9 Å². The van der Waals surface area contributed by atoms with Crippen LogP contribution in [0, 0.1) is 22.6 Å². The number of aromatic nitrogens is 3. The molecular weight excluding hydrogens is 559 g/mol. The summed E-state index contributed by atoms with van der Waals surface area (Å²) in [5, 5.41) is 18.1. The molecule has 2 aromatic heterocycles. The number of nitriles is 1. The first-order valence-electron chi connectivity index (χ1n) is 14.3. The van der Waals surface area contributed by atoms with Crippen LogP contribution in [0.5, 0.6) is 5.88 Å². The van der Waals surface area contributed by atoms with Crippen molar-refractivity contribution in [1.82, 2.24) is 25.0 Å². The number of carbonyl (C=O) groups excluding carboxylic acids is 1. The maximum atomic E-state index is 14.8. The fourth-order valence-corrected chi connectivity index (χ4v) is 7.42. The summed E-state index contributed by atoms with van der Waals surface area (Å²) in [6.07, 6.45) is 5.78. The number of rotatable bonds is 6. The van der Waals surface area contributed by atoms with Gasteiger partial charge in [0.1, 0.15) is 29.1 Å². The molecule has 0 saturated carbocycles. The first-order valence-corrected chi connectivity index (χ1v) is 14.7. The number of ether oxygens (including phenoxy) is 1. The molecule has 1 aromatic carbocycles. The van der Waals surface area contributed by atoms with Crippen LogP contribution >= 0.6 is 11.6 Å². The lowest BCUT2D eigenvalue weighted by molar-refractivity contribution is -0.139. The van der Waals surface area contributed by atoms with Crippen molar-refractivity contribution >= 4 is 39.8 Å². The van der Waals surface area contributed by atoms with Crippen molar-refractivity contribution < 1.29 is 13.9 Å². The Bertz CT molecular complexity index is 1640. The zero-order valence-electron chi connectivity index (χ0n) is 23.5. The summed E-state index contributed by atoms with van der Waals surface area (Å²) in [6, 6.07) is 4.04. The summed E-state index contributed by atoms with van der Waals surface area (Å²) in [4.78, 5) is 25.3. The molecule has 1 unspecified atom stereocenters. The summed E-state index contributed by atoms with van der Waals surface area (Å²) in [6.45, 7) is 8.91. The van der Waals surface area contributed by atoms with Gasteiger partial charge < -0.3 is 24.3 Å². The van der Waals surface area contributed by atoms with Crippen LogP contribution in [0.4, 0.5) is 15.8 Å². The monoisotopic (exact) mass is 590 g/mol. The molecule has 0 radical (unpaired) electrons. The fourth-order valence-electron chi connectivity index (χ4n) is 7.14. The second-order valence-electron chi connectivity index (χ2n) is 12.0. The molecule has 10 nitrogen and oxygen atoms in total. The summed E-state index contributed by atoms with van der Waals surface area (Å²) >= 11 is 6.52. The highest BCUT2D eigenvalue weighted by Gasteiger charge is 2.54. The molecule has 3 fully saturated rings. The van der Waals surface area contributed by atoms with Gasteiger partial charge in [-0.25, -0.2) is 9.37 Å². The Kier molecular flexibility index (Phi) is 6.51. The van der Waals surface area contributed by atoms with Gasteiger partial charge in [-0.15, -0.1) is 0 Å². The molecule has 12 heteroatoms. The average Bonchev–Trinajstić information content (AvgIpc) is 3.58. The van der Waals surface area contributed by atoms with Gasteiger partial charge in [0, 0.05) is 61.2 Å². The number of benzene rings is 1. The number of halogens is 2. The summed E-state index contributed by atoms with van der Waals surface area (Å²) in [5.41, 5.74) is 4.31. The number of hydrogen-bond donors (Lipinski definition) is 1. The summed E-state index contributed by atoms with van der Waals surface area (Å²) in [5.74, 6) is -0.221. The second-order valence-corrected chi connectivity index (χ2v) is 12.4. The third-order valence-electron chi connectivity index (χ3n) is 9.33. The molecule has 3 saturated heterocycles. The standard InChI is InChI=1S/C30H32ClFN8O2/c1-3-25(41)39-14-30(15-39)16-40(17-30)27-19-6-8-38(28-21-11-34-36-23(21)9-22(32)26(28)31)12-24(19)35-29(20(27)10-33)42-13-18-5-4-7-37(18)2/h3,9,11,18H,1,4-8,12-17H2,2H3,(H,34,36). The smallest absolute Gasteiger partial charge is 0.245 e. The largest absolute Gasteiger partial charge is 0.475 e. The molecule has 1 spiro atoms. The van der Waals surface area contributed by atoms with Crippen LogP contribution in [-0.2, 0) is 17.8 Å². The second kappa shape index (κ2) is 10.1. The van der Waals surface area contributed by atoms with Crippen molar-refractivity contribution in [3.63, 3.8) is 0 Å². The van der Waals surface area contributed by atoms with Crippen molar-refractivity contribution in [3.8, 4) is 11.9 Å². The van der Waals surface area contributed by atoms with E-state index in [1.54, 1.807) is 11.1 Å². The van der Waals surface area contributed by atoms with Gasteiger partial charge in [0.05, 0.1) is 35.3 Å². The van der Waals surface area contributed by atoms with E-state index < -0.39 is 5.82 Å². The molecular formula is C30H32ClFN8O2. The number of carbonyl (C=O) groups is 1. The molecule has 6 heterocycles. The predicted molar refractivity (Wildman–Crippen MR) is 157 cm³/mol. The van der Waals surface area contributed by atoms with E-state index in [1.165, 1.54) is 12.1 Å². The minimum Gasteiger partial charge on any atom is -0.475 e. The number of nitrogens with zero attached hydrogens (tertiary/aromatic N) is 7. The molecule has 3 aromatic rings. The SMILES string of the molecule is C=CC(=O)N1CC2(C1)CN(c1c(C#N)c(OCC3CCCN3C)nc3c1CCN(c1c(Cl)c(F)cc4[nH]ncc14)C3)C2. The number of fused-ring (bicyclic) bond motifs is 2. The van der Waals surface area contributed by atoms with Gasteiger partial charge >= 0.3 is 0 Å². The van der Waals surface area contributed by atoms with E-state index in [9.17, 15) is 14.4 Å². The van der Waals surface area contributed by atoms with Gasteiger partial charge in [-0.3, -0.25) is 9.89 Å². The Balaban J connectivity index is 1.23. The number of nitrogens with one attached hydrogen (secondary N) is 1. The third kappa shape index (κ3) is 4.27. The number of pyridine rings is 1. The van der Waals surface area contributed by atoms with Gasteiger partial charge in [-0.2, -0.15) is 10.4 Å². The first-order chi connectivity index (χ1) is 20.3. The maximum Gasteiger partial charge on any atom is 0.245 e. The minimum atomic E-state index is -0.511. The molecule has 42 heavy (non-hydrogen) atoms. The maximum absolute atomic E-state index is 14.8. The first kappa shape index (κ1) is 27.0. The molecule has 7 rings (SSSR count). The van der Waals surface area contributed by atoms with Crippen molar-refractivity contribution in [2.45, 2.75) is 31.8 Å². The van der Waals surface area contributed by atoms with Crippen molar-refractivity contribution in [1.29, 1.82) is 5.26 Å². The van der Waals surface area contributed by atoms with Crippen molar-refractivity contribution in [2.75, 3.05) is 62.7 Å². The van der Waals surface area contributed by atoms with Gasteiger partial charge in [0.15, 0.2) is 0 Å². The number of likely N-dealkylation sites (N-methyl/N-ethyl adjacent to an activating group) is 1. The van der Waals surface area contributed by atoms with E-state index in [2.05, 4.69) is 39.7 Å². The number of hydrogen-bond acceptors (Lipinski definition) is 8. The van der Waals surface area contributed by atoms with E-state index in [-0.39, 0.29) is 22.4 Å². The van der Waals surface area contributed by atoms with Crippen molar-refractivity contribution in [2.24, 2.45) is 5.41 Å². The van der Waals surface area contributed by atoms with Crippen LogP contribution < -0.4 is 14.5 Å². The highest BCUT2D eigenvalue weighted by Crippen LogP contribution is 2.47. The third-order valence-corrected chi connectivity index (χ3v) is 9.69. The predicted octanol–water partition coefficient (Wildman–Crippen LogP) is 3.49. The Hall–Kier alpha value is -3.88. The minimum absolute atomic E-state index is 0.0256. The Morgan fingerprint density at radius 3 is 2.83 bits per heavy atom. The number of H-pyrrole nitrogens is 1. The summed E-state index contributed by atoms with van der Waals surface area (Å²) in [7, 11) is 2.09. The fraction of sp³-hybridized carbons (Fsp3) is 0.467. The van der Waals surface area contributed by atoms with E-state index in [0.717, 1.165) is 54.8 Å². The molecule has 1 N–H and O–H groups in total. The van der Waals surface area contributed by atoms with E-state index in [0.29, 0.717) is 61.9 Å². The Labute approximate surface area is 248 Å². The van der Waals surface area contributed by atoms with Gasteiger partial charge in [0.25, 0.3) is 0 Å². The number of likely N-dealkylation sites (tertiary alicyclic amines) is 2. The highest BCUT2D eigenvalue weighted by atomic mass is 35.5. The van der Waals surface area contributed by atoms with Crippen LogP contribution in [0.25, 0.3) is 10.9 Å².